The number of amides is 1. The van der Waals surface area contributed by atoms with Crippen molar-refractivity contribution in [3.8, 4) is 6.07 Å². The molecule has 0 aromatic carbocycles. The van der Waals surface area contributed by atoms with Crippen LogP contribution in [0.3, 0.4) is 0 Å². The summed E-state index contributed by atoms with van der Waals surface area (Å²) < 4.78 is 1.29. The largest absolute Gasteiger partial charge is 0.381 e. The number of aromatic nitrogens is 2. The molecule has 3 N–H and O–H groups in total. The maximum atomic E-state index is 11.7. The average Bonchev–Trinajstić information content (AvgIpc) is 2.75. The third kappa shape index (κ3) is 4.62. The first-order valence-electron chi connectivity index (χ1n) is 6.61. The molecule has 6 nitrogen and oxygen atoms in total. The van der Waals surface area contributed by atoms with Gasteiger partial charge in [0.2, 0.25) is 5.91 Å². The summed E-state index contributed by atoms with van der Waals surface area (Å²) in [6.07, 6.45) is 6.17. The minimum absolute atomic E-state index is 0.114. The third-order valence-corrected chi connectivity index (χ3v) is 3.07. The van der Waals surface area contributed by atoms with Gasteiger partial charge in [-0.3, -0.25) is 10.2 Å². The number of unbranched alkanes of at least 4 members (excludes halogenated alkanes) is 1. The summed E-state index contributed by atoms with van der Waals surface area (Å²) >= 11 is 0. The minimum Gasteiger partial charge on any atom is -0.381 e. The summed E-state index contributed by atoms with van der Waals surface area (Å²) in [7, 11) is 0. The highest BCUT2D eigenvalue weighted by Gasteiger charge is 2.10. The van der Waals surface area contributed by atoms with E-state index >= 15 is 0 Å². The predicted molar refractivity (Wildman–Crippen MR) is 73.6 cm³/mol. The number of anilines is 1. The van der Waals surface area contributed by atoms with E-state index in [1.165, 1.54) is 23.8 Å². The van der Waals surface area contributed by atoms with Gasteiger partial charge in [-0.1, -0.05) is 33.1 Å². The Morgan fingerprint density at radius 3 is 2.95 bits per heavy atom. The molecule has 19 heavy (non-hydrogen) atoms. The van der Waals surface area contributed by atoms with E-state index in [9.17, 15) is 4.79 Å². The van der Waals surface area contributed by atoms with E-state index in [-0.39, 0.29) is 17.4 Å². The first-order chi connectivity index (χ1) is 9.08. The Morgan fingerprint density at radius 1 is 1.63 bits per heavy atom. The van der Waals surface area contributed by atoms with Crippen molar-refractivity contribution in [3.05, 3.63) is 12.0 Å². The van der Waals surface area contributed by atoms with E-state index < -0.39 is 0 Å². The van der Waals surface area contributed by atoms with Crippen LogP contribution >= 0.6 is 0 Å². The Bertz CT molecular complexity index is 460. The van der Waals surface area contributed by atoms with Crippen molar-refractivity contribution in [2.45, 2.75) is 46.0 Å². The molecule has 1 aromatic heterocycles. The lowest BCUT2D eigenvalue weighted by molar-refractivity contribution is -0.117. The van der Waals surface area contributed by atoms with E-state index in [4.69, 9.17) is 11.0 Å². The molecule has 0 aliphatic heterocycles. The van der Waals surface area contributed by atoms with Gasteiger partial charge in [-0.25, -0.2) is 9.66 Å². The van der Waals surface area contributed by atoms with Gasteiger partial charge in [0, 0.05) is 6.42 Å². The number of nitrogen functional groups attached to an aromatic ring is 1. The van der Waals surface area contributed by atoms with Gasteiger partial charge in [0.1, 0.15) is 12.4 Å². The molecule has 0 fully saturated rings. The number of carbonyl (C=O) groups excluding carboxylic acids is 1. The molecule has 1 aromatic rings. The molecule has 1 amide bonds. The van der Waals surface area contributed by atoms with Crippen LogP contribution in [0, 0.1) is 17.2 Å². The van der Waals surface area contributed by atoms with Gasteiger partial charge in [-0.2, -0.15) is 5.26 Å². The first-order valence-corrected chi connectivity index (χ1v) is 6.61. The normalized spacial score (nSPS) is 11.8. The molecule has 6 heteroatoms. The van der Waals surface area contributed by atoms with Crippen LogP contribution in [0.5, 0.6) is 0 Å². The predicted octanol–water partition coefficient (Wildman–Crippen LogP) is 2.01. The number of carbonyl (C=O) groups is 1. The van der Waals surface area contributed by atoms with Crippen LogP contribution in [-0.2, 0) is 4.79 Å². The quantitative estimate of drug-likeness (QED) is 0.786. The van der Waals surface area contributed by atoms with Gasteiger partial charge >= 0.3 is 0 Å². The van der Waals surface area contributed by atoms with E-state index in [2.05, 4.69) is 24.3 Å². The Morgan fingerprint density at radius 2 is 2.37 bits per heavy atom. The number of nitriles is 1. The van der Waals surface area contributed by atoms with Crippen molar-refractivity contribution in [2.24, 2.45) is 5.92 Å². The highest BCUT2D eigenvalue weighted by Crippen LogP contribution is 2.14. The SMILES string of the molecule is CCCCC(C)CCC(=O)Nn1cnc(C#N)c1N. The van der Waals surface area contributed by atoms with Crippen molar-refractivity contribution in [2.75, 3.05) is 11.2 Å². The van der Waals surface area contributed by atoms with Crippen LogP contribution in [0.25, 0.3) is 0 Å². The van der Waals surface area contributed by atoms with Crippen LogP contribution in [0.15, 0.2) is 6.33 Å². The minimum atomic E-state index is -0.114. The number of hydrogen-bond acceptors (Lipinski definition) is 4. The van der Waals surface area contributed by atoms with Crippen LogP contribution < -0.4 is 11.2 Å². The first kappa shape index (κ1) is 15.0. The second-order valence-electron chi connectivity index (χ2n) is 4.78. The van der Waals surface area contributed by atoms with Crippen molar-refractivity contribution in [3.63, 3.8) is 0 Å². The molecule has 0 saturated carbocycles. The molecule has 0 aliphatic carbocycles. The van der Waals surface area contributed by atoms with Crippen molar-refractivity contribution >= 4 is 11.7 Å². The van der Waals surface area contributed by atoms with Gasteiger partial charge in [-0.15, -0.1) is 0 Å². The highest BCUT2D eigenvalue weighted by molar-refractivity contribution is 5.84. The maximum Gasteiger partial charge on any atom is 0.238 e. The Balaban J connectivity index is 2.39. The fraction of sp³-hybridized carbons (Fsp3) is 0.615. The number of nitrogens with two attached hydrogens (primary N) is 1. The monoisotopic (exact) mass is 263 g/mol. The number of hydrogen-bond donors (Lipinski definition) is 2. The van der Waals surface area contributed by atoms with Crippen LogP contribution in [0.1, 0.15) is 51.6 Å². The Kier molecular flexibility index (Phi) is 5.86. The molecule has 0 saturated heterocycles. The zero-order chi connectivity index (χ0) is 14.3. The summed E-state index contributed by atoms with van der Waals surface area (Å²) in [5.74, 6) is 0.590. The van der Waals surface area contributed by atoms with Gasteiger partial charge < -0.3 is 5.73 Å². The topological polar surface area (TPSA) is 96.7 Å². The van der Waals surface area contributed by atoms with Gasteiger partial charge in [0.15, 0.2) is 11.5 Å². The van der Waals surface area contributed by atoms with E-state index in [1.807, 2.05) is 6.07 Å². The fourth-order valence-corrected chi connectivity index (χ4v) is 1.80. The number of rotatable bonds is 7. The molecule has 1 atom stereocenters. The summed E-state index contributed by atoms with van der Waals surface area (Å²) in [5, 5.41) is 8.71. The summed E-state index contributed by atoms with van der Waals surface area (Å²) in [6, 6.07) is 1.85. The average molecular weight is 263 g/mol. The third-order valence-electron chi connectivity index (χ3n) is 3.07. The molecule has 0 bridgehead atoms. The second-order valence-corrected chi connectivity index (χ2v) is 4.78. The lowest BCUT2D eigenvalue weighted by atomic mass is 9.99. The zero-order valence-corrected chi connectivity index (χ0v) is 11.5. The summed E-state index contributed by atoms with van der Waals surface area (Å²) in [6.45, 7) is 4.32. The number of nitrogens with zero attached hydrogens (tertiary/aromatic N) is 3. The molecule has 1 rings (SSSR count). The number of nitrogens with one attached hydrogen (secondary N) is 1. The standard InChI is InChI=1S/C13H21N5O/c1-3-4-5-10(2)6-7-12(19)17-18-9-16-11(8-14)13(18)15/h9-10H,3-7,15H2,1-2H3,(H,17,19). The molecule has 0 aliphatic rings. The van der Waals surface area contributed by atoms with Crippen LogP contribution in [0.4, 0.5) is 5.82 Å². The lowest BCUT2D eigenvalue weighted by Crippen LogP contribution is -2.23. The summed E-state index contributed by atoms with van der Waals surface area (Å²) in [4.78, 5) is 15.5. The fourth-order valence-electron chi connectivity index (χ4n) is 1.80. The molecule has 1 unspecified atom stereocenters. The molecule has 0 spiro atoms. The van der Waals surface area contributed by atoms with Crippen LogP contribution in [0.2, 0.25) is 0 Å². The van der Waals surface area contributed by atoms with Crippen molar-refractivity contribution in [1.29, 1.82) is 5.26 Å². The summed E-state index contributed by atoms with van der Waals surface area (Å²) in [5.41, 5.74) is 8.38. The molecule has 1 heterocycles. The number of imidazole rings is 1. The maximum absolute atomic E-state index is 11.7. The van der Waals surface area contributed by atoms with Gasteiger partial charge in [0.25, 0.3) is 0 Å². The van der Waals surface area contributed by atoms with Gasteiger partial charge in [0.05, 0.1) is 0 Å². The van der Waals surface area contributed by atoms with Crippen LogP contribution in [-0.4, -0.2) is 15.6 Å². The Labute approximate surface area is 113 Å². The van der Waals surface area contributed by atoms with Crippen molar-refractivity contribution in [1.82, 2.24) is 9.66 Å². The zero-order valence-electron chi connectivity index (χ0n) is 11.5. The second kappa shape index (κ2) is 7.41. The highest BCUT2D eigenvalue weighted by atomic mass is 16.2. The molecule has 104 valence electrons. The smallest absolute Gasteiger partial charge is 0.238 e. The van der Waals surface area contributed by atoms with E-state index in [1.54, 1.807) is 0 Å². The Hall–Kier alpha value is -2.03. The van der Waals surface area contributed by atoms with E-state index in [0.717, 1.165) is 12.8 Å². The molecular formula is C13H21N5O. The molecular weight excluding hydrogens is 242 g/mol. The lowest BCUT2D eigenvalue weighted by Gasteiger charge is -2.11. The van der Waals surface area contributed by atoms with Crippen molar-refractivity contribution < 1.29 is 4.79 Å². The molecule has 0 radical (unpaired) electrons. The van der Waals surface area contributed by atoms with E-state index in [0.29, 0.717) is 12.3 Å². The van der Waals surface area contributed by atoms with Gasteiger partial charge in [-0.05, 0) is 12.3 Å².